The van der Waals surface area contributed by atoms with Gasteiger partial charge in [0.15, 0.2) is 5.43 Å². The summed E-state index contributed by atoms with van der Waals surface area (Å²) in [4.78, 5) is 15.3. The molecule has 1 unspecified atom stereocenters. The molecule has 4 heteroatoms. The highest BCUT2D eigenvalue weighted by Crippen LogP contribution is 2.32. The molecule has 1 saturated heterocycles. The molecule has 0 radical (unpaired) electrons. The third-order valence-electron chi connectivity index (χ3n) is 6.46. The second kappa shape index (κ2) is 8.47. The quantitative estimate of drug-likeness (QED) is 0.736. The third kappa shape index (κ3) is 4.21. The first kappa shape index (κ1) is 18.5. The second-order valence-corrected chi connectivity index (χ2v) is 8.28. The number of rotatable bonds is 5. The van der Waals surface area contributed by atoms with E-state index in [0.717, 1.165) is 30.6 Å². The van der Waals surface area contributed by atoms with E-state index in [9.17, 15) is 4.79 Å². The Morgan fingerprint density at radius 2 is 1.93 bits per heavy atom. The van der Waals surface area contributed by atoms with Gasteiger partial charge in [0.25, 0.3) is 0 Å². The lowest BCUT2D eigenvalue weighted by atomic mass is 9.84. The third-order valence-corrected chi connectivity index (χ3v) is 6.46. The van der Waals surface area contributed by atoms with Crippen molar-refractivity contribution in [2.75, 3.05) is 20.2 Å². The Morgan fingerprint density at radius 1 is 1.11 bits per heavy atom. The van der Waals surface area contributed by atoms with E-state index < -0.39 is 0 Å². The van der Waals surface area contributed by atoms with E-state index in [1.165, 1.54) is 45.1 Å². The maximum absolute atomic E-state index is 12.9. The first-order valence-electron chi connectivity index (χ1n) is 10.6. The zero-order valence-electron chi connectivity index (χ0n) is 16.4. The highest BCUT2D eigenvalue weighted by atomic mass is 16.5. The molecule has 4 nitrogen and oxygen atoms in total. The average molecular weight is 370 g/mol. The molecule has 146 valence electrons. The largest absolute Gasteiger partial charge is 0.493 e. The molecule has 2 aromatic rings. The van der Waals surface area contributed by atoms with Crippen LogP contribution in [0.2, 0.25) is 0 Å². The monoisotopic (exact) mass is 369 g/mol. The number of nitrogens with zero attached hydrogens (tertiary/aromatic N) is 1. The van der Waals surface area contributed by atoms with Crippen molar-refractivity contribution in [1.29, 1.82) is 0 Å². The molecule has 1 atom stereocenters. The van der Waals surface area contributed by atoms with Crippen molar-refractivity contribution in [3.8, 4) is 5.75 Å². The fourth-order valence-corrected chi connectivity index (χ4v) is 4.73. The summed E-state index contributed by atoms with van der Waals surface area (Å²) in [5.41, 5.74) is 1.63. The van der Waals surface area contributed by atoms with Crippen LogP contribution in [0.3, 0.4) is 0 Å². The summed E-state index contributed by atoms with van der Waals surface area (Å²) in [6, 6.07) is 6.27. The van der Waals surface area contributed by atoms with Gasteiger partial charge in [-0.3, -0.25) is 4.79 Å². The minimum Gasteiger partial charge on any atom is -0.493 e. The van der Waals surface area contributed by atoms with Crippen LogP contribution >= 0.6 is 0 Å². The molecule has 1 aromatic carbocycles. The Hall–Kier alpha value is -1.81. The molecule has 2 aliphatic rings. The molecule has 1 saturated carbocycles. The summed E-state index contributed by atoms with van der Waals surface area (Å²) < 4.78 is 11.8. The van der Waals surface area contributed by atoms with E-state index in [1.54, 1.807) is 6.26 Å². The summed E-state index contributed by atoms with van der Waals surface area (Å²) in [6.45, 7) is 1.89. The minimum atomic E-state index is 0.138. The van der Waals surface area contributed by atoms with Gasteiger partial charge in [0.2, 0.25) is 0 Å². The molecule has 1 aliphatic heterocycles. The summed E-state index contributed by atoms with van der Waals surface area (Å²) >= 11 is 0. The SMILES string of the molecule is CN1CCCCC1CCOc1ccc2c(=O)c(C3CCCCC3)coc2c1. The number of hydrogen-bond donors (Lipinski definition) is 0. The molecule has 2 fully saturated rings. The van der Waals surface area contributed by atoms with Gasteiger partial charge in [-0.25, -0.2) is 0 Å². The number of benzene rings is 1. The second-order valence-electron chi connectivity index (χ2n) is 8.28. The lowest BCUT2D eigenvalue weighted by Crippen LogP contribution is -2.37. The van der Waals surface area contributed by atoms with Crippen molar-refractivity contribution in [3.63, 3.8) is 0 Å². The van der Waals surface area contributed by atoms with Crippen molar-refractivity contribution in [1.82, 2.24) is 4.90 Å². The van der Waals surface area contributed by atoms with Gasteiger partial charge in [-0.05, 0) is 63.7 Å². The van der Waals surface area contributed by atoms with Crippen LogP contribution < -0.4 is 10.2 Å². The predicted molar refractivity (Wildman–Crippen MR) is 109 cm³/mol. The zero-order valence-corrected chi connectivity index (χ0v) is 16.4. The van der Waals surface area contributed by atoms with E-state index in [0.29, 0.717) is 29.5 Å². The van der Waals surface area contributed by atoms with Crippen LogP contribution in [-0.2, 0) is 0 Å². The average Bonchev–Trinajstić information content (AvgIpc) is 2.70. The van der Waals surface area contributed by atoms with Gasteiger partial charge in [-0.15, -0.1) is 0 Å². The van der Waals surface area contributed by atoms with E-state index in [1.807, 2.05) is 18.2 Å². The van der Waals surface area contributed by atoms with Crippen LogP contribution in [0, 0.1) is 0 Å². The van der Waals surface area contributed by atoms with Crippen molar-refractivity contribution in [3.05, 3.63) is 40.2 Å². The van der Waals surface area contributed by atoms with Crippen molar-refractivity contribution in [2.45, 2.75) is 69.7 Å². The summed E-state index contributed by atoms with van der Waals surface area (Å²) in [5, 5.41) is 0.678. The molecular weight excluding hydrogens is 338 g/mol. The molecule has 4 rings (SSSR count). The Labute approximate surface area is 161 Å². The van der Waals surface area contributed by atoms with Gasteiger partial charge < -0.3 is 14.1 Å². The van der Waals surface area contributed by atoms with Crippen LogP contribution in [-0.4, -0.2) is 31.1 Å². The van der Waals surface area contributed by atoms with Crippen molar-refractivity contribution in [2.24, 2.45) is 0 Å². The topological polar surface area (TPSA) is 42.7 Å². The fourth-order valence-electron chi connectivity index (χ4n) is 4.73. The molecule has 0 bridgehead atoms. The predicted octanol–water partition coefficient (Wildman–Crippen LogP) is 5.09. The Kier molecular flexibility index (Phi) is 5.82. The first-order chi connectivity index (χ1) is 13.2. The van der Waals surface area contributed by atoms with Crippen LogP contribution in [0.15, 0.2) is 33.7 Å². The Bertz CT molecular complexity index is 822. The summed E-state index contributed by atoms with van der Waals surface area (Å²) in [5.74, 6) is 1.15. The molecule has 27 heavy (non-hydrogen) atoms. The van der Waals surface area contributed by atoms with Crippen LogP contribution in [0.5, 0.6) is 5.75 Å². The molecule has 2 heterocycles. The highest BCUT2D eigenvalue weighted by Gasteiger charge is 2.21. The first-order valence-corrected chi connectivity index (χ1v) is 10.6. The molecule has 0 amide bonds. The van der Waals surface area contributed by atoms with E-state index >= 15 is 0 Å². The highest BCUT2D eigenvalue weighted by molar-refractivity contribution is 5.78. The Balaban J connectivity index is 1.43. The van der Waals surface area contributed by atoms with Crippen molar-refractivity contribution < 1.29 is 9.15 Å². The van der Waals surface area contributed by atoms with Gasteiger partial charge in [-0.2, -0.15) is 0 Å². The van der Waals surface area contributed by atoms with Crippen molar-refractivity contribution >= 4 is 11.0 Å². The number of piperidine rings is 1. The lowest BCUT2D eigenvalue weighted by molar-refractivity contribution is 0.153. The summed E-state index contributed by atoms with van der Waals surface area (Å²) in [6.07, 6.45) is 12.5. The molecular formula is C23H31NO3. The normalized spacial score (nSPS) is 22.2. The smallest absolute Gasteiger partial charge is 0.196 e. The van der Waals surface area contributed by atoms with E-state index in [-0.39, 0.29) is 5.43 Å². The minimum absolute atomic E-state index is 0.138. The summed E-state index contributed by atoms with van der Waals surface area (Å²) in [7, 11) is 2.21. The van der Waals surface area contributed by atoms with Gasteiger partial charge in [0.05, 0.1) is 18.3 Å². The van der Waals surface area contributed by atoms with Crippen LogP contribution in [0.1, 0.15) is 69.3 Å². The fraction of sp³-hybridized carbons (Fsp3) is 0.609. The maximum atomic E-state index is 12.9. The molecule has 1 aromatic heterocycles. The van der Waals surface area contributed by atoms with Gasteiger partial charge in [0, 0.05) is 17.7 Å². The number of hydrogen-bond acceptors (Lipinski definition) is 4. The zero-order chi connectivity index (χ0) is 18.6. The van der Waals surface area contributed by atoms with E-state index in [4.69, 9.17) is 9.15 Å². The Morgan fingerprint density at radius 3 is 2.74 bits per heavy atom. The van der Waals surface area contributed by atoms with Gasteiger partial charge in [0.1, 0.15) is 11.3 Å². The van der Waals surface area contributed by atoms with E-state index in [2.05, 4.69) is 11.9 Å². The van der Waals surface area contributed by atoms with Gasteiger partial charge >= 0.3 is 0 Å². The molecule has 0 spiro atoms. The number of fused-ring (bicyclic) bond motifs is 1. The van der Waals surface area contributed by atoms with Crippen LogP contribution in [0.4, 0.5) is 0 Å². The standard InChI is InChI=1S/C23H31NO3/c1-24-13-6-5-9-18(24)12-14-26-19-10-11-20-22(15-19)27-16-21(23(20)25)17-7-3-2-4-8-17/h10-11,15-18H,2-9,12-14H2,1H3. The number of likely N-dealkylation sites (tertiary alicyclic amines) is 1. The molecule has 1 aliphatic carbocycles. The maximum Gasteiger partial charge on any atom is 0.196 e. The van der Waals surface area contributed by atoms with Gasteiger partial charge in [-0.1, -0.05) is 25.7 Å². The van der Waals surface area contributed by atoms with Crippen LogP contribution in [0.25, 0.3) is 11.0 Å². The number of ether oxygens (including phenoxy) is 1. The lowest BCUT2D eigenvalue weighted by Gasteiger charge is -2.32. The molecule has 0 N–H and O–H groups in total.